The second-order valence-corrected chi connectivity index (χ2v) is 9.27. The highest BCUT2D eigenvalue weighted by molar-refractivity contribution is 5.90. The van der Waals surface area contributed by atoms with Crippen LogP contribution in [0.1, 0.15) is 12.0 Å². The number of nitrogens with one attached hydrogen (secondary N) is 2. The summed E-state index contributed by atoms with van der Waals surface area (Å²) in [5.74, 6) is 3.73. The number of ether oxygens (including phenoxy) is 2. The molecule has 0 amide bonds. The van der Waals surface area contributed by atoms with E-state index in [4.69, 9.17) is 14.5 Å². The van der Waals surface area contributed by atoms with Gasteiger partial charge in [0.25, 0.3) is 0 Å². The molecule has 6 heterocycles. The number of fused-ring (bicyclic) bond motifs is 6. The van der Waals surface area contributed by atoms with E-state index in [-0.39, 0.29) is 0 Å². The molecule has 2 aliphatic rings. The van der Waals surface area contributed by atoms with Crippen LogP contribution in [-0.4, -0.2) is 61.8 Å². The average Bonchev–Trinajstić information content (AvgIpc) is 3.38. The van der Waals surface area contributed by atoms with E-state index in [0.717, 1.165) is 65.8 Å². The van der Waals surface area contributed by atoms with E-state index in [1.165, 1.54) is 6.33 Å². The first-order chi connectivity index (χ1) is 18.2. The Bertz CT molecular complexity index is 1620. The highest BCUT2D eigenvalue weighted by Crippen LogP contribution is 2.35. The van der Waals surface area contributed by atoms with Crippen LogP contribution in [0.4, 0.5) is 17.3 Å². The molecular formula is C26H25N9O2. The normalized spacial score (nSPS) is 17.1. The first-order valence-electron chi connectivity index (χ1n) is 12.3. The Balaban J connectivity index is 1.18. The molecule has 2 N–H and O–H groups in total. The molecule has 0 radical (unpaired) electrons. The average molecular weight is 496 g/mol. The fraction of sp³-hybridized carbons (Fsp3) is 0.269. The SMILES string of the molecule is Cc1cc(Nc2ncnc3cc4c(nc23)N2CCNC(CCO4)C2)ccc1Oc1ccn2ncnc2c1. The van der Waals surface area contributed by atoms with Crippen LogP contribution in [0.15, 0.2) is 55.2 Å². The molecule has 11 heteroatoms. The van der Waals surface area contributed by atoms with Crippen molar-refractivity contribution in [1.82, 2.24) is 34.9 Å². The van der Waals surface area contributed by atoms with Gasteiger partial charge in [-0.25, -0.2) is 24.5 Å². The Morgan fingerprint density at radius 2 is 2.08 bits per heavy atom. The van der Waals surface area contributed by atoms with Gasteiger partial charge in [-0.05, 0) is 43.2 Å². The maximum Gasteiger partial charge on any atom is 0.172 e. The molecule has 1 fully saturated rings. The van der Waals surface area contributed by atoms with Crippen molar-refractivity contribution in [2.45, 2.75) is 19.4 Å². The summed E-state index contributed by atoms with van der Waals surface area (Å²) >= 11 is 0. The van der Waals surface area contributed by atoms with E-state index in [1.54, 1.807) is 10.8 Å². The molecule has 1 unspecified atom stereocenters. The van der Waals surface area contributed by atoms with Gasteiger partial charge in [0.2, 0.25) is 0 Å². The number of hydrogen-bond acceptors (Lipinski definition) is 10. The second-order valence-electron chi connectivity index (χ2n) is 9.27. The number of rotatable bonds is 4. The quantitative estimate of drug-likeness (QED) is 0.384. The number of aromatic nitrogens is 6. The van der Waals surface area contributed by atoms with Gasteiger partial charge in [0.1, 0.15) is 29.7 Å². The highest BCUT2D eigenvalue weighted by Gasteiger charge is 2.26. The van der Waals surface area contributed by atoms with E-state index in [0.29, 0.717) is 29.7 Å². The Morgan fingerprint density at radius 3 is 3.03 bits per heavy atom. The van der Waals surface area contributed by atoms with Gasteiger partial charge in [-0.1, -0.05) is 0 Å². The molecule has 37 heavy (non-hydrogen) atoms. The topological polar surface area (TPSA) is 115 Å². The summed E-state index contributed by atoms with van der Waals surface area (Å²) in [7, 11) is 0. The Hall–Kier alpha value is -4.51. The van der Waals surface area contributed by atoms with Crippen LogP contribution in [0.2, 0.25) is 0 Å². The molecule has 7 rings (SSSR count). The predicted molar refractivity (Wildman–Crippen MR) is 139 cm³/mol. The van der Waals surface area contributed by atoms with Gasteiger partial charge in [-0.3, -0.25) is 0 Å². The molecule has 5 aromatic rings. The number of nitrogens with zero attached hydrogens (tertiary/aromatic N) is 7. The van der Waals surface area contributed by atoms with Gasteiger partial charge in [0.15, 0.2) is 23.0 Å². The highest BCUT2D eigenvalue weighted by atomic mass is 16.5. The van der Waals surface area contributed by atoms with Crippen molar-refractivity contribution in [3.63, 3.8) is 0 Å². The number of piperazine rings is 1. The summed E-state index contributed by atoms with van der Waals surface area (Å²) in [5.41, 5.74) is 4.03. The molecule has 1 aromatic carbocycles. The number of anilines is 3. The largest absolute Gasteiger partial charge is 0.490 e. The third-order valence-electron chi connectivity index (χ3n) is 6.75. The molecule has 4 aromatic heterocycles. The molecular weight excluding hydrogens is 470 g/mol. The van der Waals surface area contributed by atoms with Crippen molar-refractivity contribution in [3.05, 3.63) is 60.8 Å². The maximum absolute atomic E-state index is 6.11. The van der Waals surface area contributed by atoms with Crippen LogP contribution in [0, 0.1) is 6.92 Å². The summed E-state index contributed by atoms with van der Waals surface area (Å²) in [4.78, 5) is 20.5. The van der Waals surface area contributed by atoms with Crippen LogP contribution < -0.4 is 25.0 Å². The molecule has 186 valence electrons. The first-order valence-corrected chi connectivity index (χ1v) is 12.3. The Morgan fingerprint density at radius 1 is 1.11 bits per heavy atom. The second kappa shape index (κ2) is 8.86. The summed E-state index contributed by atoms with van der Waals surface area (Å²) in [6.45, 7) is 5.39. The van der Waals surface area contributed by atoms with Gasteiger partial charge in [-0.15, -0.1) is 0 Å². The van der Waals surface area contributed by atoms with Crippen LogP contribution in [0.3, 0.4) is 0 Å². The standard InChI is InChI=1S/C26H25N9O2/c1-16-10-17(2-3-21(16)37-19-4-7-35-23(11-19)29-15-31-35)32-25-24-20(28-14-30-25)12-22-26(33-24)34-8-6-27-18(13-34)5-9-36-22/h2-4,7,10-12,14-15,18,27H,5-6,8-9,13H2,1H3,(H,28,30,32). The van der Waals surface area contributed by atoms with Crippen molar-refractivity contribution in [1.29, 1.82) is 0 Å². The van der Waals surface area contributed by atoms with Gasteiger partial charge in [-0.2, -0.15) is 5.10 Å². The minimum Gasteiger partial charge on any atom is -0.490 e. The smallest absolute Gasteiger partial charge is 0.172 e. The molecule has 11 nitrogen and oxygen atoms in total. The Labute approximate surface area is 212 Å². The van der Waals surface area contributed by atoms with Gasteiger partial charge >= 0.3 is 0 Å². The van der Waals surface area contributed by atoms with Crippen LogP contribution in [0.5, 0.6) is 17.2 Å². The molecule has 2 bridgehead atoms. The third kappa shape index (κ3) is 4.12. The van der Waals surface area contributed by atoms with E-state index in [9.17, 15) is 0 Å². The summed E-state index contributed by atoms with van der Waals surface area (Å²) < 4.78 is 13.9. The molecule has 0 spiro atoms. The van der Waals surface area contributed by atoms with E-state index >= 15 is 0 Å². The van der Waals surface area contributed by atoms with Crippen molar-refractivity contribution in [2.75, 3.05) is 36.5 Å². The lowest BCUT2D eigenvalue weighted by molar-refractivity contribution is 0.268. The predicted octanol–water partition coefficient (Wildman–Crippen LogP) is 3.47. The lowest BCUT2D eigenvalue weighted by Gasteiger charge is -2.37. The van der Waals surface area contributed by atoms with Gasteiger partial charge in [0.05, 0.1) is 12.1 Å². The van der Waals surface area contributed by atoms with Crippen LogP contribution >= 0.6 is 0 Å². The molecule has 1 atom stereocenters. The Kier molecular flexibility index (Phi) is 5.21. The summed E-state index contributed by atoms with van der Waals surface area (Å²) in [5, 5.41) is 11.1. The van der Waals surface area contributed by atoms with Crippen molar-refractivity contribution >= 4 is 34.0 Å². The van der Waals surface area contributed by atoms with E-state index in [1.807, 2.05) is 49.5 Å². The molecule has 0 saturated carbocycles. The van der Waals surface area contributed by atoms with Gasteiger partial charge < -0.3 is 25.0 Å². The zero-order valence-corrected chi connectivity index (χ0v) is 20.3. The van der Waals surface area contributed by atoms with Crippen molar-refractivity contribution in [2.24, 2.45) is 0 Å². The maximum atomic E-state index is 6.11. The third-order valence-corrected chi connectivity index (χ3v) is 6.75. The lowest BCUT2D eigenvalue weighted by Crippen LogP contribution is -2.52. The fourth-order valence-corrected chi connectivity index (χ4v) is 4.87. The number of aryl methyl sites for hydroxylation is 1. The minimum atomic E-state index is 0.408. The lowest BCUT2D eigenvalue weighted by atomic mass is 10.1. The van der Waals surface area contributed by atoms with Crippen LogP contribution in [0.25, 0.3) is 16.7 Å². The monoisotopic (exact) mass is 495 g/mol. The molecule has 0 aliphatic carbocycles. The molecule has 2 aliphatic heterocycles. The zero-order valence-electron chi connectivity index (χ0n) is 20.3. The number of hydrogen-bond donors (Lipinski definition) is 2. The van der Waals surface area contributed by atoms with Crippen molar-refractivity contribution in [3.8, 4) is 17.2 Å². The summed E-state index contributed by atoms with van der Waals surface area (Å²) in [6.07, 6.45) is 5.86. The van der Waals surface area contributed by atoms with E-state index in [2.05, 4.69) is 35.6 Å². The minimum absolute atomic E-state index is 0.408. The van der Waals surface area contributed by atoms with Crippen LogP contribution in [-0.2, 0) is 0 Å². The molecule has 1 saturated heterocycles. The first kappa shape index (κ1) is 21.7. The summed E-state index contributed by atoms with van der Waals surface area (Å²) in [6, 6.07) is 12.0. The van der Waals surface area contributed by atoms with Gasteiger partial charge in [0, 0.05) is 49.7 Å². The fourth-order valence-electron chi connectivity index (χ4n) is 4.87. The number of benzene rings is 1. The van der Waals surface area contributed by atoms with E-state index < -0.39 is 0 Å². The van der Waals surface area contributed by atoms with Crippen molar-refractivity contribution < 1.29 is 9.47 Å². The number of pyridine rings is 2. The zero-order chi connectivity index (χ0) is 24.8.